The second-order valence-electron chi connectivity index (χ2n) is 4.32. The Morgan fingerprint density at radius 1 is 1.50 bits per heavy atom. The summed E-state index contributed by atoms with van der Waals surface area (Å²) in [5, 5.41) is 16.5. The molecule has 0 bridgehead atoms. The van der Waals surface area contributed by atoms with Gasteiger partial charge in [0.25, 0.3) is 0 Å². The third kappa shape index (κ3) is 2.56. The van der Waals surface area contributed by atoms with Crippen molar-refractivity contribution in [2.45, 2.75) is 13.3 Å². The molecule has 7 nitrogen and oxygen atoms in total. The minimum atomic E-state index is -1.13. The standard InChI is InChI=1S/C13H16N4O3/c1-3-6-20-10-5-4-8(7-9(10)14)12-11(13(18)19)15-16-17(12)2/h4-5,7H,3,6,14H2,1-2H3,(H,18,19). The van der Waals surface area contributed by atoms with Gasteiger partial charge in [-0.2, -0.15) is 0 Å². The summed E-state index contributed by atoms with van der Waals surface area (Å²) in [5.41, 5.74) is 7.32. The van der Waals surface area contributed by atoms with Crippen LogP contribution in [0.5, 0.6) is 5.75 Å². The predicted octanol–water partition coefficient (Wildman–Crippen LogP) is 1.55. The van der Waals surface area contributed by atoms with Crippen molar-refractivity contribution in [3.05, 3.63) is 23.9 Å². The molecule has 0 unspecified atom stereocenters. The number of ether oxygens (including phenoxy) is 1. The highest BCUT2D eigenvalue weighted by molar-refractivity contribution is 5.93. The second kappa shape index (κ2) is 5.60. The van der Waals surface area contributed by atoms with Crippen LogP contribution in [-0.2, 0) is 7.05 Å². The predicted molar refractivity (Wildman–Crippen MR) is 73.6 cm³/mol. The maximum absolute atomic E-state index is 11.1. The van der Waals surface area contributed by atoms with Crippen LogP contribution in [-0.4, -0.2) is 32.7 Å². The topological polar surface area (TPSA) is 103 Å². The van der Waals surface area contributed by atoms with E-state index in [9.17, 15) is 4.79 Å². The van der Waals surface area contributed by atoms with Crippen LogP contribution < -0.4 is 10.5 Å². The van der Waals surface area contributed by atoms with Gasteiger partial charge in [-0.15, -0.1) is 5.10 Å². The van der Waals surface area contributed by atoms with E-state index >= 15 is 0 Å². The minimum absolute atomic E-state index is 0.103. The van der Waals surface area contributed by atoms with Crippen LogP contribution in [0.15, 0.2) is 18.2 Å². The zero-order chi connectivity index (χ0) is 14.7. The van der Waals surface area contributed by atoms with Crippen molar-refractivity contribution < 1.29 is 14.6 Å². The molecule has 0 atom stereocenters. The van der Waals surface area contributed by atoms with Gasteiger partial charge in [-0.3, -0.25) is 0 Å². The summed E-state index contributed by atoms with van der Waals surface area (Å²) in [6.07, 6.45) is 0.885. The number of anilines is 1. The van der Waals surface area contributed by atoms with Gasteiger partial charge in [0.05, 0.1) is 12.3 Å². The number of rotatable bonds is 5. The van der Waals surface area contributed by atoms with E-state index in [4.69, 9.17) is 15.6 Å². The van der Waals surface area contributed by atoms with Gasteiger partial charge in [0, 0.05) is 12.6 Å². The van der Waals surface area contributed by atoms with E-state index in [0.29, 0.717) is 29.3 Å². The molecule has 106 valence electrons. The van der Waals surface area contributed by atoms with Crippen molar-refractivity contribution in [3.8, 4) is 17.0 Å². The molecule has 0 aliphatic carbocycles. The molecule has 0 fully saturated rings. The summed E-state index contributed by atoms with van der Waals surface area (Å²) in [7, 11) is 1.63. The van der Waals surface area contributed by atoms with Crippen molar-refractivity contribution in [2.75, 3.05) is 12.3 Å². The number of hydrogen-bond donors (Lipinski definition) is 2. The van der Waals surface area contributed by atoms with Crippen molar-refractivity contribution >= 4 is 11.7 Å². The third-order valence-electron chi connectivity index (χ3n) is 2.77. The highest BCUT2D eigenvalue weighted by Gasteiger charge is 2.19. The van der Waals surface area contributed by atoms with Crippen molar-refractivity contribution in [2.24, 2.45) is 7.05 Å². The summed E-state index contributed by atoms with van der Waals surface area (Å²) in [5.74, 6) is -0.541. The summed E-state index contributed by atoms with van der Waals surface area (Å²) < 4.78 is 6.89. The van der Waals surface area contributed by atoms with Crippen molar-refractivity contribution in [3.63, 3.8) is 0 Å². The molecule has 0 saturated heterocycles. The van der Waals surface area contributed by atoms with E-state index in [1.54, 1.807) is 25.2 Å². The number of aryl methyl sites for hydroxylation is 1. The molecule has 1 aromatic heterocycles. The number of hydrogen-bond acceptors (Lipinski definition) is 5. The van der Waals surface area contributed by atoms with Crippen LogP contribution in [0, 0.1) is 0 Å². The van der Waals surface area contributed by atoms with E-state index in [-0.39, 0.29) is 5.69 Å². The summed E-state index contributed by atoms with van der Waals surface area (Å²) in [6, 6.07) is 5.13. The minimum Gasteiger partial charge on any atom is -0.491 e. The van der Waals surface area contributed by atoms with Crippen LogP contribution in [0.4, 0.5) is 5.69 Å². The largest absolute Gasteiger partial charge is 0.491 e. The molecule has 0 saturated carbocycles. The van der Waals surface area contributed by atoms with Crippen molar-refractivity contribution in [1.29, 1.82) is 0 Å². The Morgan fingerprint density at radius 2 is 2.25 bits per heavy atom. The van der Waals surface area contributed by atoms with E-state index in [1.165, 1.54) is 4.68 Å². The van der Waals surface area contributed by atoms with Crippen LogP contribution in [0.25, 0.3) is 11.3 Å². The van der Waals surface area contributed by atoms with Crippen molar-refractivity contribution in [1.82, 2.24) is 15.0 Å². The average Bonchev–Trinajstić information content (AvgIpc) is 2.79. The van der Waals surface area contributed by atoms with Gasteiger partial charge in [-0.25, -0.2) is 9.48 Å². The number of nitrogens with two attached hydrogens (primary N) is 1. The first-order valence-electron chi connectivity index (χ1n) is 6.20. The Labute approximate surface area is 116 Å². The number of carboxylic acid groups (broad SMARTS) is 1. The highest BCUT2D eigenvalue weighted by atomic mass is 16.5. The molecule has 1 heterocycles. The van der Waals surface area contributed by atoms with Gasteiger partial charge >= 0.3 is 5.97 Å². The molecular weight excluding hydrogens is 260 g/mol. The molecule has 1 aromatic carbocycles. The van der Waals surface area contributed by atoms with Crippen LogP contribution in [0.3, 0.4) is 0 Å². The Kier molecular flexibility index (Phi) is 3.88. The zero-order valence-corrected chi connectivity index (χ0v) is 11.3. The summed E-state index contributed by atoms with van der Waals surface area (Å²) in [6.45, 7) is 2.59. The lowest BCUT2D eigenvalue weighted by Crippen LogP contribution is -2.03. The summed E-state index contributed by atoms with van der Waals surface area (Å²) in [4.78, 5) is 11.1. The lowest BCUT2D eigenvalue weighted by molar-refractivity contribution is 0.0691. The molecule has 0 spiro atoms. The molecule has 0 amide bonds. The van der Waals surface area contributed by atoms with Crippen LogP contribution in [0.1, 0.15) is 23.8 Å². The molecule has 2 aromatic rings. The van der Waals surface area contributed by atoms with E-state index < -0.39 is 5.97 Å². The second-order valence-corrected chi connectivity index (χ2v) is 4.32. The number of aromatic nitrogens is 3. The van der Waals surface area contributed by atoms with Gasteiger partial charge in [0.2, 0.25) is 0 Å². The Hall–Kier alpha value is -2.57. The molecule has 0 radical (unpaired) electrons. The number of nitrogen functional groups attached to an aromatic ring is 1. The van der Waals surface area contributed by atoms with Gasteiger partial charge < -0.3 is 15.6 Å². The van der Waals surface area contributed by atoms with E-state index in [0.717, 1.165) is 6.42 Å². The SMILES string of the molecule is CCCOc1ccc(-c2c(C(=O)O)nnn2C)cc1N. The Bertz CT molecular complexity index is 637. The number of carbonyl (C=O) groups is 1. The van der Waals surface area contributed by atoms with E-state index in [1.807, 2.05) is 6.92 Å². The van der Waals surface area contributed by atoms with Crippen LogP contribution in [0.2, 0.25) is 0 Å². The lowest BCUT2D eigenvalue weighted by atomic mass is 10.1. The normalized spacial score (nSPS) is 10.5. The van der Waals surface area contributed by atoms with Gasteiger partial charge in [0.15, 0.2) is 5.69 Å². The zero-order valence-electron chi connectivity index (χ0n) is 11.3. The fraction of sp³-hybridized carbons (Fsp3) is 0.308. The van der Waals surface area contributed by atoms with E-state index in [2.05, 4.69) is 10.3 Å². The Morgan fingerprint density at radius 3 is 2.85 bits per heavy atom. The number of benzene rings is 1. The fourth-order valence-corrected chi connectivity index (χ4v) is 1.86. The first-order valence-corrected chi connectivity index (χ1v) is 6.20. The lowest BCUT2D eigenvalue weighted by Gasteiger charge is -2.10. The van der Waals surface area contributed by atoms with Crippen LogP contribution >= 0.6 is 0 Å². The molecule has 20 heavy (non-hydrogen) atoms. The van der Waals surface area contributed by atoms with Gasteiger partial charge in [-0.1, -0.05) is 12.1 Å². The first-order chi connectivity index (χ1) is 9.54. The molecule has 7 heteroatoms. The molecule has 3 N–H and O–H groups in total. The maximum Gasteiger partial charge on any atom is 0.358 e. The highest BCUT2D eigenvalue weighted by Crippen LogP contribution is 2.29. The fourth-order valence-electron chi connectivity index (χ4n) is 1.86. The van der Waals surface area contributed by atoms with Gasteiger partial charge in [-0.05, 0) is 24.6 Å². The third-order valence-corrected chi connectivity index (χ3v) is 2.77. The quantitative estimate of drug-likeness (QED) is 0.803. The molecular formula is C13H16N4O3. The smallest absolute Gasteiger partial charge is 0.358 e. The Balaban J connectivity index is 2.42. The first kappa shape index (κ1) is 13.9. The molecule has 0 aliphatic rings. The number of aromatic carboxylic acids is 1. The maximum atomic E-state index is 11.1. The average molecular weight is 276 g/mol. The molecule has 2 rings (SSSR count). The number of carboxylic acids is 1. The summed E-state index contributed by atoms with van der Waals surface area (Å²) >= 11 is 0. The van der Waals surface area contributed by atoms with Gasteiger partial charge in [0.1, 0.15) is 11.4 Å². The number of nitrogens with zero attached hydrogens (tertiary/aromatic N) is 3. The molecule has 0 aliphatic heterocycles. The monoisotopic (exact) mass is 276 g/mol.